The average Bonchev–Trinajstić information content (AvgIpc) is 3.56. The Labute approximate surface area is 259 Å². The molecule has 1 aromatic heterocycles. The molecule has 3 rings (SSSR count). The van der Waals surface area contributed by atoms with Crippen LogP contribution in [0.1, 0.15) is 45.1 Å². The van der Waals surface area contributed by atoms with Gasteiger partial charge in [-0.15, -0.1) is 0 Å². The molecule has 0 saturated heterocycles. The van der Waals surface area contributed by atoms with Gasteiger partial charge in [0.15, 0.2) is 28.8 Å². The average molecular weight is 643 g/mol. The summed E-state index contributed by atoms with van der Waals surface area (Å²) in [6.45, 7) is 2.26. The lowest BCUT2D eigenvalue weighted by Crippen LogP contribution is -2.54. The highest BCUT2D eigenvalue weighted by atomic mass is 16.6. The number of furan rings is 1. The van der Waals surface area contributed by atoms with E-state index in [0.29, 0.717) is 0 Å². The maximum Gasteiger partial charge on any atom is 0.349 e. The van der Waals surface area contributed by atoms with E-state index in [1.165, 1.54) is 44.7 Å². The first-order valence-electron chi connectivity index (χ1n) is 12.9. The van der Waals surface area contributed by atoms with Gasteiger partial charge in [0.2, 0.25) is 12.2 Å². The van der Waals surface area contributed by atoms with Crippen molar-refractivity contribution in [2.45, 2.75) is 26.1 Å². The fourth-order valence-electron chi connectivity index (χ4n) is 3.59. The van der Waals surface area contributed by atoms with Gasteiger partial charge in [0.1, 0.15) is 0 Å². The SMILES string of the molecule is COc1cc(C(=O)O[C@H](C(=O)O)[C@@H](OC(=O)c2ccc(OC(C)=O)c(OC)c2)C(=O)NNC(=O)c2ccco2)ccc1OC(C)=O. The molecule has 0 unspecified atom stereocenters. The zero-order valence-electron chi connectivity index (χ0n) is 24.5. The maximum absolute atomic E-state index is 13.2. The molecule has 0 fully saturated rings. The van der Waals surface area contributed by atoms with Crippen molar-refractivity contribution in [1.82, 2.24) is 10.9 Å². The van der Waals surface area contributed by atoms with Crippen molar-refractivity contribution in [3.05, 3.63) is 71.7 Å². The molecule has 3 N–H and O–H groups in total. The summed E-state index contributed by atoms with van der Waals surface area (Å²) in [5.74, 6) is -8.86. The number of hydrogen-bond acceptors (Lipinski definition) is 14. The first-order valence-corrected chi connectivity index (χ1v) is 12.9. The number of carbonyl (C=O) groups is 7. The van der Waals surface area contributed by atoms with Crippen LogP contribution in [0.3, 0.4) is 0 Å². The van der Waals surface area contributed by atoms with Gasteiger partial charge in [0, 0.05) is 13.8 Å². The van der Waals surface area contributed by atoms with Crippen LogP contribution in [0, 0.1) is 0 Å². The number of hydrogen-bond donors (Lipinski definition) is 3. The molecule has 0 aliphatic rings. The highest BCUT2D eigenvalue weighted by Gasteiger charge is 2.41. The number of amides is 2. The van der Waals surface area contributed by atoms with Gasteiger partial charge in [0.25, 0.3) is 5.91 Å². The molecule has 2 aromatic carbocycles. The van der Waals surface area contributed by atoms with E-state index < -0.39 is 53.9 Å². The van der Waals surface area contributed by atoms with Crippen LogP contribution < -0.4 is 29.8 Å². The first-order chi connectivity index (χ1) is 21.8. The van der Waals surface area contributed by atoms with Gasteiger partial charge in [-0.05, 0) is 48.5 Å². The van der Waals surface area contributed by atoms with Crippen LogP contribution in [0.15, 0.2) is 59.2 Å². The van der Waals surface area contributed by atoms with Crippen molar-refractivity contribution >= 4 is 41.7 Å². The summed E-state index contributed by atoms with van der Waals surface area (Å²) < 4.78 is 35.3. The number of esters is 4. The smallest absolute Gasteiger partial charge is 0.349 e. The lowest BCUT2D eigenvalue weighted by atomic mass is 10.1. The van der Waals surface area contributed by atoms with Gasteiger partial charge >= 0.3 is 35.8 Å². The topological polar surface area (TPSA) is 232 Å². The zero-order chi connectivity index (χ0) is 34.0. The number of hydrazine groups is 1. The summed E-state index contributed by atoms with van der Waals surface area (Å²) in [6.07, 6.45) is -3.72. The molecule has 242 valence electrons. The van der Waals surface area contributed by atoms with Crippen molar-refractivity contribution in [1.29, 1.82) is 0 Å². The van der Waals surface area contributed by atoms with E-state index in [0.717, 1.165) is 38.1 Å². The maximum atomic E-state index is 13.2. The third kappa shape index (κ3) is 8.82. The van der Waals surface area contributed by atoms with Gasteiger partial charge in [-0.25, -0.2) is 14.4 Å². The molecular weight excluding hydrogens is 616 g/mol. The Bertz CT molecular complexity index is 1650. The molecular formula is C29H26N2O15. The molecule has 1 heterocycles. The summed E-state index contributed by atoms with van der Waals surface area (Å²) in [6, 6.07) is 9.38. The Morgan fingerprint density at radius 1 is 0.696 bits per heavy atom. The summed E-state index contributed by atoms with van der Waals surface area (Å²) in [5, 5.41) is 9.94. The van der Waals surface area contributed by atoms with Crippen molar-refractivity contribution in [3.63, 3.8) is 0 Å². The van der Waals surface area contributed by atoms with Gasteiger partial charge in [0.05, 0.1) is 31.6 Å². The molecule has 3 aromatic rings. The minimum absolute atomic E-state index is 0.0602. The van der Waals surface area contributed by atoms with E-state index in [1.54, 1.807) is 0 Å². The molecule has 0 spiro atoms. The van der Waals surface area contributed by atoms with E-state index in [9.17, 15) is 38.7 Å². The van der Waals surface area contributed by atoms with Crippen molar-refractivity contribution < 1.29 is 71.5 Å². The monoisotopic (exact) mass is 642 g/mol. The van der Waals surface area contributed by atoms with Crippen LogP contribution in [0.4, 0.5) is 0 Å². The first kappa shape index (κ1) is 34.1. The number of aliphatic carboxylic acids is 1. The van der Waals surface area contributed by atoms with Crippen molar-refractivity contribution in [2.75, 3.05) is 14.2 Å². The summed E-state index contributed by atoms with van der Waals surface area (Å²) in [7, 11) is 2.42. The molecule has 0 saturated carbocycles. The summed E-state index contributed by atoms with van der Waals surface area (Å²) in [4.78, 5) is 86.5. The molecule has 0 aliphatic heterocycles. The summed E-state index contributed by atoms with van der Waals surface area (Å²) >= 11 is 0. The molecule has 2 atom stereocenters. The second-order valence-corrected chi connectivity index (χ2v) is 8.83. The fraction of sp³-hybridized carbons (Fsp3) is 0.207. The molecule has 17 nitrogen and oxygen atoms in total. The van der Waals surface area contributed by atoms with E-state index in [1.807, 2.05) is 10.9 Å². The van der Waals surface area contributed by atoms with Crippen LogP contribution in [0.25, 0.3) is 0 Å². The molecule has 0 radical (unpaired) electrons. The molecule has 46 heavy (non-hydrogen) atoms. The lowest BCUT2D eigenvalue weighted by Gasteiger charge is -2.23. The Morgan fingerprint density at radius 3 is 1.61 bits per heavy atom. The standard InChI is InChI=1S/C29H26N2O15/c1-14(32)43-18-9-7-16(12-21(18)40-3)28(38)45-23(26(35)31-30-25(34)20-6-5-11-42-20)24(27(36)37)46-29(39)17-8-10-19(44-15(2)33)22(13-17)41-4/h5-13,23-24H,1-4H3,(H,30,34)(H,31,35)(H,36,37)/t23-,24+/m1/s1. The quantitative estimate of drug-likeness (QED) is 0.144. The Hall–Kier alpha value is -6.39. The van der Waals surface area contributed by atoms with E-state index in [-0.39, 0.29) is 39.9 Å². The lowest BCUT2D eigenvalue weighted by molar-refractivity contribution is -0.159. The number of rotatable bonds is 12. The predicted octanol–water partition coefficient (Wildman–Crippen LogP) is 1.44. The molecule has 2 amide bonds. The van der Waals surface area contributed by atoms with Crippen LogP contribution >= 0.6 is 0 Å². The minimum Gasteiger partial charge on any atom is -0.493 e. The third-order valence-corrected chi connectivity index (χ3v) is 5.60. The second-order valence-electron chi connectivity index (χ2n) is 8.83. The van der Waals surface area contributed by atoms with Gasteiger partial charge in [-0.3, -0.25) is 30.0 Å². The number of nitrogens with one attached hydrogen (secondary N) is 2. The summed E-state index contributed by atoms with van der Waals surface area (Å²) in [5.41, 5.74) is 3.24. The Balaban J connectivity index is 1.93. The highest BCUT2D eigenvalue weighted by Crippen LogP contribution is 2.30. The molecule has 17 heteroatoms. The van der Waals surface area contributed by atoms with Gasteiger partial charge in [-0.2, -0.15) is 0 Å². The molecule has 0 bridgehead atoms. The minimum atomic E-state index is -2.49. The van der Waals surface area contributed by atoms with E-state index in [2.05, 4.69) is 0 Å². The van der Waals surface area contributed by atoms with Crippen LogP contribution in [-0.2, 0) is 28.7 Å². The van der Waals surface area contributed by atoms with Crippen molar-refractivity contribution in [3.8, 4) is 23.0 Å². The Morgan fingerprint density at radius 2 is 1.20 bits per heavy atom. The van der Waals surface area contributed by atoms with Crippen LogP contribution in [0.5, 0.6) is 23.0 Å². The largest absolute Gasteiger partial charge is 0.493 e. The highest BCUT2D eigenvalue weighted by molar-refractivity contribution is 5.98. The second kappa shape index (κ2) is 15.4. The van der Waals surface area contributed by atoms with Crippen LogP contribution in [0.2, 0.25) is 0 Å². The molecule has 0 aliphatic carbocycles. The number of benzene rings is 2. The van der Waals surface area contributed by atoms with E-state index in [4.69, 9.17) is 32.8 Å². The number of ether oxygens (including phenoxy) is 6. The van der Waals surface area contributed by atoms with Gasteiger partial charge in [-0.1, -0.05) is 0 Å². The predicted molar refractivity (Wildman–Crippen MR) is 149 cm³/mol. The van der Waals surface area contributed by atoms with E-state index >= 15 is 0 Å². The number of carbonyl (C=O) groups excluding carboxylic acids is 6. The number of methoxy groups -OCH3 is 2. The van der Waals surface area contributed by atoms with Crippen LogP contribution in [-0.4, -0.2) is 73.2 Å². The third-order valence-electron chi connectivity index (χ3n) is 5.60. The Kier molecular flexibility index (Phi) is 11.4. The van der Waals surface area contributed by atoms with Crippen molar-refractivity contribution in [2.24, 2.45) is 0 Å². The number of carboxylic acid groups (broad SMARTS) is 1. The fourth-order valence-corrected chi connectivity index (χ4v) is 3.59. The zero-order valence-corrected chi connectivity index (χ0v) is 24.5. The number of carboxylic acids is 1. The normalized spacial score (nSPS) is 11.6. The van der Waals surface area contributed by atoms with Gasteiger partial charge < -0.3 is 37.9 Å².